The molecule has 0 fully saturated rings. The van der Waals surface area contributed by atoms with Gasteiger partial charge in [0, 0.05) is 20.4 Å². The number of halogens is 4. The third-order valence-electron chi connectivity index (χ3n) is 6.00. The Morgan fingerprint density at radius 2 is 1.17 bits per heavy atom. The third kappa shape index (κ3) is 4.74. The maximum atomic E-state index is 13.7. The molecule has 0 nitrogen and oxygen atoms in total. The Kier molecular flexibility index (Phi) is 7.27. The highest BCUT2D eigenvalue weighted by molar-refractivity contribution is 6.95. The van der Waals surface area contributed by atoms with E-state index in [1.807, 2.05) is 36.4 Å². The Morgan fingerprint density at radius 3 is 1.53 bits per heavy atom. The Hall–Kier alpha value is -1.83. The van der Waals surface area contributed by atoms with Crippen LogP contribution in [0, 0.1) is 17.5 Å². The number of alkyl halides is 1. The standard InChI is InChI=1S/C24H26ClF3Si2/c1-29-15-24(18-3-7-20(26)8-4-18,19-5-9-21(27)10-6-19)16-30(2,17-25)23-13-11-22(28)12-14-23/h3-14H,15-17,29H2,1-2H3. The predicted molar refractivity (Wildman–Crippen MR) is 126 cm³/mol. The third-order valence-corrected chi connectivity index (χ3v) is 12.8. The lowest BCUT2D eigenvalue weighted by Crippen LogP contribution is -2.52. The zero-order chi connectivity index (χ0) is 21.8. The first-order valence-electron chi connectivity index (χ1n) is 10.2. The van der Waals surface area contributed by atoms with Gasteiger partial charge in [-0.05, 0) is 59.6 Å². The summed E-state index contributed by atoms with van der Waals surface area (Å²) < 4.78 is 41.0. The fourth-order valence-electron chi connectivity index (χ4n) is 4.46. The first kappa shape index (κ1) is 22.8. The van der Waals surface area contributed by atoms with E-state index in [1.165, 1.54) is 36.4 Å². The molecule has 0 aliphatic carbocycles. The summed E-state index contributed by atoms with van der Waals surface area (Å²) in [5.41, 5.74) is 2.15. The highest BCUT2D eigenvalue weighted by atomic mass is 35.5. The van der Waals surface area contributed by atoms with E-state index in [-0.39, 0.29) is 22.9 Å². The normalized spacial score (nSPS) is 14.2. The number of hydrogen-bond acceptors (Lipinski definition) is 0. The molecule has 0 N–H and O–H groups in total. The van der Waals surface area contributed by atoms with Gasteiger partial charge in [-0.3, -0.25) is 0 Å². The molecular formula is C24H26ClF3Si2. The number of hydrogen-bond donors (Lipinski definition) is 0. The molecule has 0 bridgehead atoms. The van der Waals surface area contributed by atoms with E-state index in [9.17, 15) is 13.2 Å². The molecule has 6 heteroatoms. The second kappa shape index (κ2) is 9.54. The maximum Gasteiger partial charge on any atom is 0.123 e. The van der Waals surface area contributed by atoms with Gasteiger partial charge in [-0.25, -0.2) is 13.2 Å². The van der Waals surface area contributed by atoms with Gasteiger partial charge in [0.15, 0.2) is 0 Å². The molecule has 1 unspecified atom stereocenters. The lowest BCUT2D eigenvalue weighted by molar-refractivity contribution is 0.601. The first-order chi connectivity index (χ1) is 14.3. The highest BCUT2D eigenvalue weighted by Crippen LogP contribution is 2.43. The molecule has 3 rings (SSSR count). The van der Waals surface area contributed by atoms with Crippen LogP contribution in [0.25, 0.3) is 0 Å². The van der Waals surface area contributed by atoms with Crippen LogP contribution < -0.4 is 5.19 Å². The van der Waals surface area contributed by atoms with E-state index in [4.69, 9.17) is 11.6 Å². The Labute approximate surface area is 184 Å². The molecule has 0 saturated carbocycles. The van der Waals surface area contributed by atoms with E-state index in [0.717, 1.165) is 28.4 Å². The number of rotatable bonds is 8. The van der Waals surface area contributed by atoms with Crippen molar-refractivity contribution < 1.29 is 13.2 Å². The van der Waals surface area contributed by atoms with E-state index in [1.54, 1.807) is 0 Å². The van der Waals surface area contributed by atoms with Crippen molar-refractivity contribution in [2.75, 3.05) is 5.50 Å². The van der Waals surface area contributed by atoms with Crippen LogP contribution in [0.5, 0.6) is 0 Å². The lowest BCUT2D eigenvalue weighted by Gasteiger charge is -2.42. The quantitative estimate of drug-likeness (QED) is 0.293. The summed E-state index contributed by atoms with van der Waals surface area (Å²) in [6.07, 6.45) is 0. The minimum Gasteiger partial charge on any atom is -0.207 e. The van der Waals surface area contributed by atoms with Crippen LogP contribution in [0.3, 0.4) is 0 Å². The first-order valence-corrected chi connectivity index (χ1v) is 16.0. The van der Waals surface area contributed by atoms with Crippen molar-refractivity contribution in [3.8, 4) is 0 Å². The van der Waals surface area contributed by atoms with Crippen LogP contribution >= 0.6 is 11.6 Å². The summed E-state index contributed by atoms with van der Waals surface area (Å²) in [5.74, 6) is -0.832. The summed E-state index contributed by atoms with van der Waals surface area (Å²) in [6.45, 7) is 4.46. The number of benzene rings is 3. The van der Waals surface area contributed by atoms with Gasteiger partial charge >= 0.3 is 0 Å². The molecule has 0 aromatic heterocycles. The van der Waals surface area contributed by atoms with Crippen molar-refractivity contribution in [1.29, 1.82) is 0 Å². The molecule has 0 aliphatic rings. The largest absolute Gasteiger partial charge is 0.207 e. The van der Waals surface area contributed by atoms with Crippen molar-refractivity contribution in [2.45, 2.75) is 30.6 Å². The molecule has 0 spiro atoms. The molecule has 30 heavy (non-hydrogen) atoms. The topological polar surface area (TPSA) is 0 Å². The average molecular weight is 463 g/mol. The smallest absolute Gasteiger partial charge is 0.123 e. The Balaban J connectivity index is 2.19. The summed E-state index contributed by atoms with van der Waals surface area (Å²) in [5, 5.41) is 1.09. The van der Waals surface area contributed by atoms with Crippen molar-refractivity contribution >= 4 is 34.4 Å². The average Bonchev–Trinajstić information content (AvgIpc) is 2.75. The van der Waals surface area contributed by atoms with Gasteiger partial charge in [-0.2, -0.15) is 0 Å². The van der Waals surface area contributed by atoms with Gasteiger partial charge < -0.3 is 0 Å². The SMILES string of the molecule is C[SiH2]CC(C[Si](C)(CCl)c1ccc(F)cc1)(c1ccc(F)cc1)c1ccc(F)cc1. The summed E-state index contributed by atoms with van der Waals surface area (Å²) in [7, 11) is -2.68. The van der Waals surface area contributed by atoms with Gasteiger partial charge in [0.05, 0.1) is 0 Å². The van der Waals surface area contributed by atoms with Gasteiger partial charge in [-0.1, -0.05) is 54.7 Å². The molecule has 0 heterocycles. The molecule has 1 atom stereocenters. The molecule has 3 aromatic carbocycles. The second-order valence-electron chi connectivity index (χ2n) is 8.22. The minimum absolute atomic E-state index is 0.269. The molecular weight excluding hydrogens is 437 g/mol. The molecule has 0 radical (unpaired) electrons. The van der Waals surface area contributed by atoms with Crippen LogP contribution in [-0.2, 0) is 5.41 Å². The van der Waals surface area contributed by atoms with Crippen LogP contribution in [0.15, 0.2) is 72.8 Å². The molecule has 3 aromatic rings. The van der Waals surface area contributed by atoms with E-state index in [0.29, 0.717) is 5.50 Å². The Bertz CT molecular complexity index is 914. The van der Waals surface area contributed by atoms with Gasteiger partial charge in [0.1, 0.15) is 25.5 Å². The van der Waals surface area contributed by atoms with Gasteiger partial charge in [-0.15, -0.1) is 11.6 Å². The fourth-order valence-corrected chi connectivity index (χ4v) is 10.5. The van der Waals surface area contributed by atoms with Crippen molar-refractivity contribution in [1.82, 2.24) is 0 Å². The minimum atomic E-state index is -2.25. The van der Waals surface area contributed by atoms with Gasteiger partial charge in [0.2, 0.25) is 0 Å². The monoisotopic (exact) mass is 462 g/mol. The second-order valence-corrected chi connectivity index (χ2v) is 14.8. The van der Waals surface area contributed by atoms with Crippen LogP contribution in [0.2, 0.25) is 25.2 Å². The fraction of sp³-hybridized carbons (Fsp3) is 0.250. The van der Waals surface area contributed by atoms with E-state index >= 15 is 0 Å². The highest BCUT2D eigenvalue weighted by Gasteiger charge is 2.42. The summed E-state index contributed by atoms with van der Waals surface area (Å²) in [4.78, 5) is 0. The lowest BCUT2D eigenvalue weighted by atomic mass is 9.77. The van der Waals surface area contributed by atoms with Crippen LogP contribution in [0.1, 0.15) is 11.1 Å². The summed E-state index contributed by atoms with van der Waals surface area (Å²) >= 11 is 6.57. The van der Waals surface area contributed by atoms with Crippen molar-refractivity contribution in [3.63, 3.8) is 0 Å². The van der Waals surface area contributed by atoms with Crippen LogP contribution in [-0.4, -0.2) is 23.1 Å². The van der Waals surface area contributed by atoms with Crippen molar-refractivity contribution in [2.24, 2.45) is 0 Å². The van der Waals surface area contributed by atoms with E-state index < -0.39 is 17.6 Å². The van der Waals surface area contributed by atoms with E-state index in [2.05, 4.69) is 13.1 Å². The summed E-state index contributed by atoms with van der Waals surface area (Å²) in [6, 6.07) is 21.7. The predicted octanol–water partition coefficient (Wildman–Crippen LogP) is 5.79. The maximum absolute atomic E-state index is 13.7. The van der Waals surface area contributed by atoms with Gasteiger partial charge in [0.25, 0.3) is 0 Å². The van der Waals surface area contributed by atoms with Crippen molar-refractivity contribution in [3.05, 3.63) is 101 Å². The molecule has 0 amide bonds. The Morgan fingerprint density at radius 1 is 0.767 bits per heavy atom. The molecule has 0 aliphatic heterocycles. The zero-order valence-electron chi connectivity index (χ0n) is 17.3. The van der Waals surface area contributed by atoms with Crippen LogP contribution in [0.4, 0.5) is 13.2 Å². The zero-order valence-corrected chi connectivity index (χ0v) is 20.4. The molecule has 0 saturated heterocycles. The molecule has 158 valence electrons.